The molecule has 34 heavy (non-hydrogen) atoms. The zero-order valence-corrected chi connectivity index (χ0v) is 19.8. The lowest BCUT2D eigenvalue weighted by Gasteiger charge is -2.28. The third-order valence-corrected chi connectivity index (χ3v) is 7.04. The van der Waals surface area contributed by atoms with E-state index in [2.05, 4.69) is 15.6 Å². The summed E-state index contributed by atoms with van der Waals surface area (Å²) < 4.78 is 21.6. The Labute approximate surface area is 199 Å². The van der Waals surface area contributed by atoms with Gasteiger partial charge in [0.25, 0.3) is 0 Å². The average Bonchev–Trinajstić information content (AvgIpc) is 3.55. The molecular weight excluding hydrogens is 439 g/mol. The number of nitrogens with one attached hydrogen (secondary N) is 1. The van der Waals surface area contributed by atoms with Crippen molar-refractivity contribution in [2.45, 2.75) is 83.1 Å². The summed E-state index contributed by atoms with van der Waals surface area (Å²) in [5, 5.41) is 31.8. The normalized spacial score (nSPS) is 22.3. The fourth-order valence-corrected chi connectivity index (χ4v) is 4.47. The Bertz CT molecular complexity index is 980. The van der Waals surface area contributed by atoms with Gasteiger partial charge in [-0.15, -0.1) is 5.10 Å². The van der Waals surface area contributed by atoms with Gasteiger partial charge in [0.05, 0.1) is 25.0 Å². The molecular formula is C25H35FN4O4. The largest absolute Gasteiger partial charge is 0.490 e. The molecule has 1 amide bonds. The van der Waals surface area contributed by atoms with Gasteiger partial charge in [-0.25, -0.2) is 9.07 Å². The van der Waals surface area contributed by atoms with Gasteiger partial charge >= 0.3 is 0 Å². The van der Waals surface area contributed by atoms with Crippen molar-refractivity contribution in [3.63, 3.8) is 0 Å². The van der Waals surface area contributed by atoms with Crippen LogP contribution < -0.4 is 10.1 Å². The third-order valence-electron chi connectivity index (χ3n) is 7.04. The minimum atomic E-state index is -1.24. The lowest BCUT2D eigenvalue weighted by Crippen LogP contribution is -2.43. The van der Waals surface area contributed by atoms with Crippen LogP contribution in [0, 0.1) is 17.7 Å². The Morgan fingerprint density at radius 3 is 2.82 bits per heavy atom. The second-order valence-corrected chi connectivity index (χ2v) is 9.71. The van der Waals surface area contributed by atoms with Gasteiger partial charge < -0.3 is 20.3 Å². The van der Waals surface area contributed by atoms with Crippen LogP contribution >= 0.6 is 0 Å². The summed E-state index contributed by atoms with van der Waals surface area (Å²) >= 11 is 0. The number of ether oxygens (including phenoxy) is 1. The van der Waals surface area contributed by atoms with Crippen LogP contribution in [0.15, 0.2) is 24.4 Å². The van der Waals surface area contributed by atoms with E-state index < -0.39 is 17.6 Å². The van der Waals surface area contributed by atoms with Gasteiger partial charge in [0.2, 0.25) is 5.91 Å². The molecule has 1 aromatic heterocycles. The predicted octanol–water partition coefficient (Wildman–Crippen LogP) is 3.06. The van der Waals surface area contributed by atoms with Crippen LogP contribution in [0.3, 0.4) is 0 Å². The summed E-state index contributed by atoms with van der Waals surface area (Å²) in [5.41, 5.74) is 0.256. The second kappa shape index (κ2) is 10.8. The van der Waals surface area contributed by atoms with Crippen molar-refractivity contribution < 1.29 is 24.1 Å². The molecule has 0 radical (unpaired) electrons. The van der Waals surface area contributed by atoms with Crippen LogP contribution in [0.1, 0.15) is 69.5 Å². The second-order valence-electron chi connectivity index (χ2n) is 9.71. The highest BCUT2D eigenvalue weighted by molar-refractivity contribution is 5.79. The molecule has 2 heterocycles. The third kappa shape index (κ3) is 6.13. The van der Waals surface area contributed by atoms with Gasteiger partial charge in [-0.05, 0) is 75.0 Å². The van der Waals surface area contributed by atoms with E-state index in [9.17, 15) is 19.4 Å². The average molecular weight is 475 g/mol. The van der Waals surface area contributed by atoms with Crippen LogP contribution in [-0.2, 0) is 23.4 Å². The van der Waals surface area contributed by atoms with Crippen LogP contribution in [-0.4, -0.2) is 43.9 Å². The number of amides is 1. The minimum absolute atomic E-state index is 0.0496. The van der Waals surface area contributed by atoms with Crippen molar-refractivity contribution in [2.75, 3.05) is 6.61 Å². The number of aliphatic hydroxyl groups excluding tert-OH is 1. The molecule has 9 heteroatoms. The summed E-state index contributed by atoms with van der Waals surface area (Å²) in [5.74, 6) is 0.134. The van der Waals surface area contributed by atoms with Crippen LogP contribution in [0.25, 0.3) is 0 Å². The number of hydrogen-bond acceptors (Lipinski definition) is 6. The number of piperidine rings is 1. The number of carbonyl (C=O) groups excluding carboxylic acids is 1. The molecule has 2 aliphatic rings. The minimum Gasteiger partial charge on any atom is -0.490 e. The van der Waals surface area contributed by atoms with Crippen molar-refractivity contribution in [3.8, 4) is 5.75 Å². The molecule has 3 N–H and O–H groups in total. The van der Waals surface area contributed by atoms with Gasteiger partial charge in [0.15, 0.2) is 11.6 Å². The van der Waals surface area contributed by atoms with Gasteiger partial charge in [0.1, 0.15) is 11.8 Å². The first-order chi connectivity index (χ1) is 16.4. The molecule has 8 nitrogen and oxygen atoms in total. The van der Waals surface area contributed by atoms with Crippen LogP contribution in [0.4, 0.5) is 4.39 Å². The van der Waals surface area contributed by atoms with Crippen LogP contribution in [0.2, 0.25) is 0 Å². The highest BCUT2D eigenvalue weighted by Gasteiger charge is 2.31. The van der Waals surface area contributed by atoms with E-state index in [0.717, 1.165) is 44.2 Å². The highest BCUT2D eigenvalue weighted by Crippen LogP contribution is 2.34. The van der Waals surface area contributed by atoms with E-state index in [-0.39, 0.29) is 24.1 Å². The van der Waals surface area contributed by atoms with E-state index in [1.54, 1.807) is 23.0 Å². The number of aromatic nitrogens is 3. The van der Waals surface area contributed by atoms with Gasteiger partial charge in [-0.2, -0.15) is 0 Å². The van der Waals surface area contributed by atoms with Crippen molar-refractivity contribution >= 4 is 5.91 Å². The standard InChI is InChI=1S/C25H35FN4O4/c1-2-25(33,19-10-11-21(26)22(13-19)34-15-17-7-8-17)16-30-20(14-27-29-30)6-4-3-5-18-9-12-23(31)28-24(18)32/h10-11,13-14,17-18,23,31,33H,2-9,12,15-16H2,1H3,(H,28,32)/t18?,23?,25-/m0/s1. The summed E-state index contributed by atoms with van der Waals surface area (Å²) in [7, 11) is 0. The number of benzene rings is 1. The number of rotatable bonds is 12. The quantitative estimate of drug-likeness (QED) is 0.408. The predicted molar refractivity (Wildman–Crippen MR) is 123 cm³/mol. The molecule has 3 atom stereocenters. The van der Waals surface area contributed by atoms with Crippen molar-refractivity contribution in [3.05, 3.63) is 41.5 Å². The van der Waals surface area contributed by atoms with Crippen molar-refractivity contribution in [1.29, 1.82) is 0 Å². The Balaban J connectivity index is 1.35. The Morgan fingerprint density at radius 1 is 1.26 bits per heavy atom. The van der Waals surface area contributed by atoms with E-state index in [1.165, 1.54) is 6.07 Å². The summed E-state index contributed by atoms with van der Waals surface area (Å²) in [6.07, 6.45) is 8.18. The fourth-order valence-electron chi connectivity index (χ4n) is 4.47. The maximum Gasteiger partial charge on any atom is 0.225 e. The number of aliphatic hydroxyl groups is 2. The number of nitrogens with zero attached hydrogens (tertiary/aromatic N) is 3. The number of hydrogen-bond donors (Lipinski definition) is 3. The highest BCUT2D eigenvalue weighted by atomic mass is 19.1. The Kier molecular flexibility index (Phi) is 7.83. The number of carbonyl (C=O) groups is 1. The lowest BCUT2D eigenvalue weighted by atomic mass is 9.90. The molecule has 0 spiro atoms. The van der Waals surface area contributed by atoms with Crippen molar-refractivity contribution in [1.82, 2.24) is 20.3 Å². The molecule has 2 fully saturated rings. The number of halogens is 1. The zero-order chi connectivity index (χ0) is 24.1. The van der Waals surface area contributed by atoms with Gasteiger partial charge in [-0.3, -0.25) is 4.79 Å². The smallest absolute Gasteiger partial charge is 0.225 e. The summed E-state index contributed by atoms with van der Waals surface area (Å²) in [6, 6.07) is 4.55. The zero-order valence-electron chi connectivity index (χ0n) is 19.8. The number of aryl methyl sites for hydroxylation is 1. The summed E-state index contributed by atoms with van der Waals surface area (Å²) in [4.78, 5) is 12.0. The van der Waals surface area contributed by atoms with E-state index in [0.29, 0.717) is 37.4 Å². The topological polar surface area (TPSA) is 110 Å². The molecule has 2 unspecified atom stereocenters. The maximum absolute atomic E-state index is 14.3. The molecule has 1 saturated heterocycles. The van der Waals surface area contributed by atoms with E-state index in [4.69, 9.17) is 4.74 Å². The van der Waals surface area contributed by atoms with Crippen molar-refractivity contribution in [2.24, 2.45) is 11.8 Å². The first-order valence-corrected chi connectivity index (χ1v) is 12.4. The Morgan fingerprint density at radius 2 is 2.09 bits per heavy atom. The van der Waals surface area contributed by atoms with Gasteiger partial charge in [0, 0.05) is 5.92 Å². The lowest BCUT2D eigenvalue weighted by molar-refractivity contribution is -0.131. The SMILES string of the molecule is CC[C@](O)(Cn1nncc1CCCCC1CCC(O)NC1=O)c1ccc(F)c(OCC2CC2)c1. The molecule has 0 bridgehead atoms. The van der Waals surface area contributed by atoms with E-state index >= 15 is 0 Å². The van der Waals surface area contributed by atoms with Gasteiger partial charge in [-0.1, -0.05) is 24.6 Å². The van der Waals surface area contributed by atoms with Crippen LogP contribution in [0.5, 0.6) is 5.75 Å². The molecule has 1 aliphatic carbocycles. The molecule has 1 aromatic carbocycles. The number of unbranched alkanes of at least 4 members (excludes halogenated alkanes) is 1. The molecule has 1 saturated carbocycles. The first kappa shape index (κ1) is 24.6. The molecule has 2 aromatic rings. The summed E-state index contributed by atoms with van der Waals surface area (Å²) in [6.45, 7) is 2.59. The fraction of sp³-hybridized carbons (Fsp3) is 0.640. The van der Waals surface area contributed by atoms with E-state index in [1.807, 2.05) is 6.92 Å². The maximum atomic E-state index is 14.3. The molecule has 4 rings (SSSR count). The molecule has 186 valence electrons. The Hall–Kier alpha value is -2.52. The monoisotopic (exact) mass is 474 g/mol. The molecule has 1 aliphatic heterocycles. The first-order valence-electron chi connectivity index (χ1n) is 12.4.